The molecular weight excluding hydrogens is 76.1 g/mol. The van der Waals surface area contributed by atoms with Gasteiger partial charge in [-0.3, -0.25) is 0 Å². The van der Waals surface area contributed by atoms with Crippen LogP contribution in [0.15, 0.2) is 35.8 Å². The molecule has 0 aliphatic carbocycles. The van der Waals surface area contributed by atoms with Gasteiger partial charge in [0.15, 0.2) is 0 Å². The second-order valence-corrected chi connectivity index (χ2v) is 0.596. The summed E-state index contributed by atoms with van der Waals surface area (Å²) in [6.07, 6.45) is 2.70. The molecule has 0 radical (unpaired) electrons. The number of hydrogen-bond acceptors (Lipinski definition) is 2. The lowest BCUT2D eigenvalue weighted by Crippen LogP contribution is -1.36. The molecule has 0 aromatic carbocycles. The Labute approximate surface area is 36.9 Å². The van der Waals surface area contributed by atoms with Crippen LogP contribution >= 0.6 is 0 Å². The van der Waals surface area contributed by atoms with E-state index in [1.165, 1.54) is 12.4 Å². The Balaban J connectivity index is 3.17. The molecule has 0 saturated carbocycles. The Hall–Kier alpha value is -0.920. The molecule has 0 aliphatic rings. The Kier molecular flexibility index (Phi) is 3.45. The van der Waals surface area contributed by atoms with Crippen molar-refractivity contribution in [3.8, 4) is 0 Å². The van der Waals surface area contributed by atoms with E-state index in [0.29, 0.717) is 0 Å². The molecular formula is C4H6N2. The van der Waals surface area contributed by atoms with Gasteiger partial charge in [0.25, 0.3) is 0 Å². The summed E-state index contributed by atoms with van der Waals surface area (Å²) >= 11 is 0. The molecule has 0 N–H and O–H groups in total. The minimum atomic E-state index is 1.35. The first-order chi connectivity index (χ1) is 2.91. The molecule has 2 nitrogen and oxygen atoms in total. The number of nitrogens with zero attached hydrogens (tertiary/aromatic N) is 2. The van der Waals surface area contributed by atoms with Crippen LogP contribution in [0.5, 0.6) is 0 Å². The Morgan fingerprint density at radius 2 is 1.33 bits per heavy atom. The van der Waals surface area contributed by atoms with E-state index in [4.69, 9.17) is 0 Å². The first-order valence-corrected chi connectivity index (χ1v) is 1.53. The summed E-state index contributed by atoms with van der Waals surface area (Å²) in [4.78, 5) is 0. The summed E-state index contributed by atoms with van der Waals surface area (Å²) < 4.78 is 0. The average Bonchev–Trinajstić information content (AvgIpc) is 1.61. The molecule has 0 aromatic heterocycles. The molecule has 0 bridgehead atoms. The van der Waals surface area contributed by atoms with Crippen LogP contribution in [0.2, 0.25) is 0 Å². The quantitative estimate of drug-likeness (QED) is 0.453. The van der Waals surface area contributed by atoms with Gasteiger partial charge in [0.2, 0.25) is 0 Å². The maximum absolute atomic E-state index is 3.36. The summed E-state index contributed by atoms with van der Waals surface area (Å²) in [7, 11) is 0. The first kappa shape index (κ1) is 5.08. The molecule has 0 aromatic rings. The van der Waals surface area contributed by atoms with Crippen LogP contribution in [0.3, 0.4) is 0 Å². The molecule has 0 fully saturated rings. The van der Waals surface area contributed by atoms with Crippen molar-refractivity contribution in [1.82, 2.24) is 0 Å². The molecule has 0 aliphatic heterocycles. The Morgan fingerprint density at radius 1 is 1.00 bits per heavy atom. The third-order valence-electron chi connectivity index (χ3n) is 0.230. The molecule has 6 heavy (non-hydrogen) atoms. The maximum atomic E-state index is 3.36. The van der Waals surface area contributed by atoms with Gasteiger partial charge in [0.1, 0.15) is 0 Å². The number of rotatable bonds is 2. The van der Waals surface area contributed by atoms with Crippen molar-refractivity contribution in [3.05, 3.63) is 25.6 Å². The highest BCUT2D eigenvalue weighted by Crippen LogP contribution is 1.71. The van der Waals surface area contributed by atoms with Crippen molar-refractivity contribution in [2.24, 2.45) is 10.2 Å². The van der Waals surface area contributed by atoms with Crippen LogP contribution in [0.4, 0.5) is 0 Å². The van der Waals surface area contributed by atoms with Gasteiger partial charge in [0.05, 0.1) is 0 Å². The van der Waals surface area contributed by atoms with Crippen LogP contribution in [0.1, 0.15) is 0 Å². The van der Waals surface area contributed by atoms with Crippen molar-refractivity contribution in [2.45, 2.75) is 0 Å². The fraction of sp³-hybridized carbons (Fsp3) is 0. The molecule has 0 saturated heterocycles. The lowest BCUT2D eigenvalue weighted by Gasteiger charge is -1.62. The average molecular weight is 82.1 g/mol. The van der Waals surface area contributed by atoms with E-state index < -0.39 is 0 Å². The minimum absolute atomic E-state index is 1.35. The highest BCUT2D eigenvalue weighted by Gasteiger charge is 1.46. The molecule has 0 rings (SSSR count). The zero-order valence-electron chi connectivity index (χ0n) is 3.46. The standard InChI is InChI=1S/C4H6N2/c1-3-5-6-4-2/h3-4H,1-2H2/b6-5-. The van der Waals surface area contributed by atoms with E-state index in [2.05, 4.69) is 23.4 Å². The molecule has 0 amide bonds. The summed E-state index contributed by atoms with van der Waals surface area (Å²) in [5, 5.41) is 6.72. The Bertz CT molecular complexity index is 63.6. The molecule has 0 atom stereocenters. The second-order valence-electron chi connectivity index (χ2n) is 0.596. The zero-order chi connectivity index (χ0) is 4.83. The van der Waals surface area contributed by atoms with Crippen molar-refractivity contribution in [2.75, 3.05) is 0 Å². The van der Waals surface area contributed by atoms with Gasteiger partial charge in [0, 0.05) is 12.4 Å². The summed E-state index contributed by atoms with van der Waals surface area (Å²) in [6, 6.07) is 0. The van der Waals surface area contributed by atoms with E-state index in [0.717, 1.165) is 0 Å². The van der Waals surface area contributed by atoms with Gasteiger partial charge in [-0.1, -0.05) is 13.2 Å². The summed E-state index contributed by atoms with van der Waals surface area (Å²) in [5.41, 5.74) is 0. The fourth-order valence-electron chi connectivity index (χ4n) is 0.0943. The smallest absolute Gasteiger partial charge is 0.0423 e. The van der Waals surface area contributed by atoms with Gasteiger partial charge >= 0.3 is 0 Å². The number of azo groups is 1. The van der Waals surface area contributed by atoms with E-state index in [1.54, 1.807) is 0 Å². The SMILES string of the molecule is C=C/N=N\C=C. The second kappa shape index (κ2) is 4.08. The van der Waals surface area contributed by atoms with E-state index >= 15 is 0 Å². The maximum Gasteiger partial charge on any atom is 0.0423 e. The largest absolute Gasteiger partial charge is 0.160 e. The van der Waals surface area contributed by atoms with Crippen LogP contribution in [0, 0.1) is 0 Å². The van der Waals surface area contributed by atoms with E-state index in [9.17, 15) is 0 Å². The van der Waals surface area contributed by atoms with Crippen molar-refractivity contribution in [3.63, 3.8) is 0 Å². The first-order valence-electron chi connectivity index (χ1n) is 1.53. The van der Waals surface area contributed by atoms with Crippen LogP contribution in [-0.4, -0.2) is 0 Å². The fourth-order valence-corrected chi connectivity index (χ4v) is 0.0943. The third kappa shape index (κ3) is 3.08. The molecule has 32 valence electrons. The van der Waals surface area contributed by atoms with Gasteiger partial charge in [-0.05, 0) is 0 Å². The monoisotopic (exact) mass is 82.1 g/mol. The van der Waals surface area contributed by atoms with Gasteiger partial charge in [-0.2, -0.15) is 10.2 Å². The zero-order valence-corrected chi connectivity index (χ0v) is 3.46. The topological polar surface area (TPSA) is 24.7 Å². The van der Waals surface area contributed by atoms with Crippen LogP contribution in [-0.2, 0) is 0 Å². The molecule has 0 heterocycles. The third-order valence-corrected chi connectivity index (χ3v) is 0.230. The predicted octanol–water partition coefficient (Wildman–Crippen LogP) is 1.73. The van der Waals surface area contributed by atoms with Crippen LogP contribution in [0.25, 0.3) is 0 Å². The lowest BCUT2D eigenvalue weighted by molar-refractivity contribution is 1.24. The van der Waals surface area contributed by atoms with Gasteiger partial charge in [-0.15, -0.1) is 0 Å². The summed E-state index contributed by atoms with van der Waals surface area (Å²) in [5.74, 6) is 0. The highest BCUT2D eigenvalue weighted by molar-refractivity contribution is 4.63. The lowest BCUT2D eigenvalue weighted by atomic mass is 11.0. The normalized spacial score (nSPS) is 8.67. The van der Waals surface area contributed by atoms with Crippen molar-refractivity contribution in [1.29, 1.82) is 0 Å². The van der Waals surface area contributed by atoms with E-state index in [1.807, 2.05) is 0 Å². The highest BCUT2D eigenvalue weighted by atomic mass is 15.1. The van der Waals surface area contributed by atoms with Crippen molar-refractivity contribution < 1.29 is 0 Å². The van der Waals surface area contributed by atoms with E-state index in [-0.39, 0.29) is 0 Å². The Morgan fingerprint density at radius 3 is 1.50 bits per heavy atom. The minimum Gasteiger partial charge on any atom is -0.160 e. The van der Waals surface area contributed by atoms with Gasteiger partial charge < -0.3 is 0 Å². The number of hydrogen-bond donors (Lipinski definition) is 0. The van der Waals surface area contributed by atoms with Gasteiger partial charge in [-0.25, -0.2) is 0 Å². The molecule has 0 spiro atoms. The molecule has 0 unspecified atom stereocenters. The molecule has 2 heteroatoms. The predicted molar refractivity (Wildman–Crippen MR) is 25.2 cm³/mol. The van der Waals surface area contributed by atoms with Crippen molar-refractivity contribution >= 4 is 0 Å². The van der Waals surface area contributed by atoms with Crippen LogP contribution < -0.4 is 0 Å². The summed E-state index contributed by atoms with van der Waals surface area (Å²) in [6.45, 7) is 6.58.